The summed E-state index contributed by atoms with van der Waals surface area (Å²) in [5, 5.41) is 0. The van der Waals surface area contributed by atoms with Gasteiger partial charge >= 0.3 is 0 Å². The molecule has 1 aliphatic rings. The Kier molecular flexibility index (Phi) is 3.27. The van der Waals surface area contributed by atoms with Crippen molar-refractivity contribution < 1.29 is 4.74 Å². The second-order valence-corrected chi connectivity index (χ2v) is 4.11. The first-order valence-electron chi connectivity index (χ1n) is 5.80. The third kappa shape index (κ3) is 2.15. The Bertz CT molecular complexity index is 333. The fourth-order valence-corrected chi connectivity index (χ4v) is 2.42. The van der Waals surface area contributed by atoms with Crippen molar-refractivity contribution in [2.24, 2.45) is 5.73 Å². The van der Waals surface area contributed by atoms with E-state index in [1.165, 1.54) is 24.0 Å². The van der Waals surface area contributed by atoms with Gasteiger partial charge in [0, 0.05) is 0 Å². The number of nitrogens with two attached hydrogens (primary N) is 1. The van der Waals surface area contributed by atoms with Gasteiger partial charge in [-0.1, -0.05) is 6.07 Å². The Morgan fingerprint density at radius 1 is 1.47 bits per heavy atom. The quantitative estimate of drug-likeness (QED) is 0.819. The Hall–Kier alpha value is -1.02. The van der Waals surface area contributed by atoms with Crippen LogP contribution in [0.15, 0.2) is 18.2 Å². The molecule has 1 aliphatic carbocycles. The zero-order valence-corrected chi connectivity index (χ0v) is 9.33. The van der Waals surface area contributed by atoms with Crippen LogP contribution in [-0.4, -0.2) is 13.2 Å². The number of rotatable bonds is 4. The third-order valence-corrected chi connectivity index (χ3v) is 3.15. The highest BCUT2D eigenvalue weighted by molar-refractivity contribution is 5.41. The van der Waals surface area contributed by atoms with Crippen molar-refractivity contribution in [3.05, 3.63) is 29.3 Å². The summed E-state index contributed by atoms with van der Waals surface area (Å²) in [6.45, 7) is 3.54. The summed E-state index contributed by atoms with van der Waals surface area (Å²) in [6, 6.07) is 6.48. The summed E-state index contributed by atoms with van der Waals surface area (Å²) >= 11 is 0. The lowest BCUT2D eigenvalue weighted by Crippen LogP contribution is -2.05. The molecule has 2 rings (SSSR count). The number of benzene rings is 1. The van der Waals surface area contributed by atoms with Crippen molar-refractivity contribution in [1.29, 1.82) is 0 Å². The van der Waals surface area contributed by atoms with E-state index < -0.39 is 0 Å². The highest BCUT2D eigenvalue weighted by atomic mass is 16.5. The van der Waals surface area contributed by atoms with Crippen molar-refractivity contribution in [3.8, 4) is 5.75 Å². The van der Waals surface area contributed by atoms with Crippen LogP contribution in [0.5, 0.6) is 5.75 Å². The van der Waals surface area contributed by atoms with Crippen molar-refractivity contribution in [2.45, 2.75) is 32.1 Å². The van der Waals surface area contributed by atoms with Gasteiger partial charge in [0.25, 0.3) is 0 Å². The zero-order valence-electron chi connectivity index (χ0n) is 9.33. The maximum Gasteiger partial charge on any atom is 0.119 e. The van der Waals surface area contributed by atoms with Crippen molar-refractivity contribution >= 4 is 0 Å². The predicted molar refractivity (Wildman–Crippen MR) is 62.3 cm³/mol. The van der Waals surface area contributed by atoms with Gasteiger partial charge in [-0.05, 0) is 61.9 Å². The van der Waals surface area contributed by atoms with Crippen LogP contribution >= 0.6 is 0 Å². The minimum atomic E-state index is 0.658. The Morgan fingerprint density at radius 3 is 3.07 bits per heavy atom. The van der Waals surface area contributed by atoms with E-state index in [2.05, 4.69) is 18.2 Å². The summed E-state index contributed by atoms with van der Waals surface area (Å²) in [5.74, 6) is 1.66. The molecule has 0 saturated carbocycles. The van der Waals surface area contributed by atoms with Crippen LogP contribution in [0.3, 0.4) is 0 Å². The molecular formula is C13H19NO. The van der Waals surface area contributed by atoms with Crippen LogP contribution in [0.4, 0.5) is 0 Å². The fraction of sp³-hybridized carbons (Fsp3) is 0.538. The van der Waals surface area contributed by atoms with Crippen LogP contribution in [0, 0.1) is 0 Å². The maximum atomic E-state index is 5.63. The second-order valence-electron chi connectivity index (χ2n) is 4.11. The van der Waals surface area contributed by atoms with E-state index in [1.807, 2.05) is 6.92 Å². The lowest BCUT2D eigenvalue weighted by Gasteiger charge is -2.11. The normalized spacial score (nSPS) is 18.9. The minimum absolute atomic E-state index is 0.658. The lowest BCUT2D eigenvalue weighted by atomic mass is 9.98. The first-order valence-corrected chi connectivity index (χ1v) is 5.80. The first kappa shape index (κ1) is 10.5. The van der Waals surface area contributed by atoms with Crippen molar-refractivity contribution in [3.63, 3.8) is 0 Å². The molecule has 1 atom stereocenters. The molecule has 0 radical (unpaired) electrons. The van der Waals surface area contributed by atoms with Crippen LogP contribution in [0.1, 0.15) is 36.8 Å². The molecule has 1 aromatic carbocycles. The van der Waals surface area contributed by atoms with E-state index in [0.29, 0.717) is 5.92 Å². The molecule has 0 aliphatic heterocycles. The zero-order chi connectivity index (χ0) is 10.7. The second kappa shape index (κ2) is 4.67. The van der Waals surface area contributed by atoms with Crippen LogP contribution in [0.25, 0.3) is 0 Å². The Morgan fingerprint density at radius 2 is 2.33 bits per heavy atom. The van der Waals surface area contributed by atoms with E-state index in [-0.39, 0.29) is 0 Å². The first-order chi connectivity index (χ1) is 7.35. The molecule has 0 saturated heterocycles. The van der Waals surface area contributed by atoms with Gasteiger partial charge < -0.3 is 10.5 Å². The highest BCUT2D eigenvalue weighted by Gasteiger charge is 2.21. The molecule has 2 nitrogen and oxygen atoms in total. The summed E-state index contributed by atoms with van der Waals surface area (Å²) in [5.41, 5.74) is 8.58. The van der Waals surface area contributed by atoms with E-state index in [0.717, 1.165) is 25.3 Å². The minimum Gasteiger partial charge on any atom is -0.494 e. The summed E-state index contributed by atoms with van der Waals surface area (Å²) < 4.78 is 5.53. The van der Waals surface area contributed by atoms with Gasteiger partial charge in [0.05, 0.1) is 6.61 Å². The lowest BCUT2D eigenvalue weighted by molar-refractivity contribution is 0.339. The molecule has 1 unspecified atom stereocenters. The van der Waals surface area contributed by atoms with Gasteiger partial charge in [-0.2, -0.15) is 0 Å². The van der Waals surface area contributed by atoms with Crippen LogP contribution < -0.4 is 10.5 Å². The monoisotopic (exact) mass is 205 g/mol. The molecule has 0 fully saturated rings. The molecule has 2 N–H and O–H groups in total. The number of hydrogen-bond acceptors (Lipinski definition) is 2. The SMILES string of the molecule is CCOc1ccc2c(c1)C(CCN)CC2. The number of ether oxygens (including phenoxy) is 1. The molecule has 0 bridgehead atoms. The molecular weight excluding hydrogens is 186 g/mol. The smallest absolute Gasteiger partial charge is 0.119 e. The van der Waals surface area contributed by atoms with Gasteiger partial charge in [-0.15, -0.1) is 0 Å². The standard InChI is InChI=1S/C13H19NO/c1-2-15-12-6-5-10-3-4-11(7-8-14)13(10)9-12/h5-6,9,11H,2-4,7-8,14H2,1H3. The van der Waals surface area contributed by atoms with E-state index in [1.54, 1.807) is 0 Å². The summed E-state index contributed by atoms with van der Waals surface area (Å²) in [6.07, 6.45) is 3.55. The average molecular weight is 205 g/mol. The number of fused-ring (bicyclic) bond motifs is 1. The third-order valence-electron chi connectivity index (χ3n) is 3.15. The molecule has 0 amide bonds. The van der Waals surface area contributed by atoms with E-state index in [4.69, 9.17) is 10.5 Å². The van der Waals surface area contributed by atoms with Gasteiger partial charge in [-0.3, -0.25) is 0 Å². The van der Waals surface area contributed by atoms with Crippen molar-refractivity contribution in [1.82, 2.24) is 0 Å². The molecule has 15 heavy (non-hydrogen) atoms. The fourth-order valence-electron chi connectivity index (χ4n) is 2.42. The van der Waals surface area contributed by atoms with Crippen LogP contribution in [0.2, 0.25) is 0 Å². The highest BCUT2D eigenvalue weighted by Crippen LogP contribution is 2.37. The largest absolute Gasteiger partial charge is 0.494 e. The summed E-state index contributed by atoms with van der Waals surface area (Å²) in [4.78, 5) is 0. The molecule has 0 aromatic heterocycles. The molecule has 2 heteroatoms. The van der Waals surface area contributed by atoms with E-state index >= 15 is 0 Å². The van der Waals surface area contributed by atoms with E-state index in [9.17, 15) is 0 Å². The molecule has 82 valence electrons. The topological polar surface area (TPSA) is 35.2 Å². The Labute approximate surface area is 91.4 Å². The summed E-state index contributed by atoms with van der Waals surface area (Å²) in [7, 11) is 0. The predicted octanol–water partition coefficient (Wildman–Crippen LogP) is 2.46. The van der Waals surface area contributed by atoms with Crippen LogP contribution in [-0.2, 0) is 6.42 Å². The maximum absolute atomic E-state index is 5.63. The average Bonchev–Trinajstić information content (AvgIpc) is 2.63. The van der Waals surface area contributed by atoms with Gasteiger partial charge in [0.2, 0.25) is 0 Å². The van der Waals surface area contributed by atoms with Gasteiger partial charge in [0.1, 0.15) is 5.75 Å². The molecule has 1 aromatic rings. The molecule has 0 spiro atoms. The number of aryl methyl sites for hydroxylation is 1. The Balaban J connectivity index is 2.21. The van der Waals surface area contributed by atoms with Gasteiger partial charge in [0.15, 0.2) is 0 Å². The van der Waals surface area contributed by atoms with Crippen molar-refractivity contribution in [2.75, 3.05) is 13.2 Å². The van der Waals surface area contributed by atoms with Gasteiger partial charge in [-0.25, -0.2) is 0 Å². The number of hydrogen-bond donors (Lipinski definition) is 1. The molecule has 0 heterocycles.